The summed E-state index contributed by atoms with van der Waals surface area (Å²) in [6, 6.07) is 5.30. The highest BCUT2D eigenvalue weighted by atomic mass is 79.9. The molecule has 2 nitrogen and oxygen atoms in total. The van der Waals surface area contributed by atoms with Crippen molar-refractivity contribution >= 4 is 15.9 Å². The molecule has 1 unspecified atom stereocenters. The van der Waals surface area contributed by atoms with Crippen molar-refractivity contribution in [2.45, 2.75) is 33.2 Å². The van der Waals surface area contributed by atoms with Crippen LogP contribution in [0.3, 0.4) is 0 Å². The topological polar surface area (TPSA) is 15.3 Å². The standard InChI is InChI=1S/C17H26BrFN2/c1-13(2)9-20-10-14-5-4-8-21(11-14)12-15-6-3-7-16(19)17(15)18/h3,6-7,13-14,20H,4-5,8-12H2,1-2H3. The maximum absolute atomic E-state index is 13.6. The minimum Gasteiger partial charge on any atom is -0.316 e. The van der Waals surface area contributed by atoms with Gasteiger partial charge in [-0.25, -0.2) is 4.39 Å². The van der Waals surface area contributed by atoms with Gasteiger partial charge in [0, 0.05) is 13.1 Å². The van der Waals surface area contributed by atoms with E-state index in [1.807, 2.05) is 6.07 Å². The molecule has 0 spiro atoms. The third-order valence-electron chi connectivity index (χ3n) is 4.01. The van der Waals surface area contributed by atoms with E-state index in [0.29, 0.717) is 16.3 Å². The lowest BCUT2D eigenvalue weighted by Gasteiger charge is -2.33. The second-order valence-electron chi connectivity index (χ2n) is 6.51. The van der Waals surface area contributed by atoms with Crippen molar-refractivity contribution in [2.24, 2.45) is 11.8 Å². The first kappa shape index (κ1) is 16.9. The molecule has 0 aromatic heterocycles. The smallest absolute Gasteiger partial charge is 0.137 e. The summed E-state index contributed by atoms with van der Waals surface area (Å²) in [5, 5.41) is 3.56. The highest BCUT2D eigenvalue weighted by Crippen LogP contribution is 2.24. The number of nitrogens with one attached hydrogen (secondary N) is 1. The Bertz CT molecular complexity index is 450. The number of rotatable bonds is 6. The van der Waals surface area contributed by atoms with Crippen LogP contribution >= 0.6 is 15.9 Å². The summed E-state index contributed by atoms with van der Waals surface area (Å²) >= 11 is 3.37. The highest BCUT2D eigenvalue weighted by Gasteiger charge is 2.20. The SMILES string of the molecule is CC(C)CNCC1CCCN(Cc2cccc(F)c2Br)C1. The van der Waals surface area contributed by atoms with E-state index < -0.39 is 0 Å². The fraction of sp³-hybridized carbons (Fsp3) is 0.647. The molecule has 1 aliphatic heterocycles. The Morgan fingerprint density at radius 2 is 2.24 bits per heavy atom. The van der Waals surface area contributed by atoms with Gasteiger partial charge in [0.2, 0.25) is 0 Å². The summed E-state index contributed by atoms with van der Waals surface area (Å²) in [5.41, 5.74) is 1.05. The Morgan fingerprint density at radius 1 is 1.43 bits per heavy atom. The van der Waals surface area contributed by atoms with Crippen LogP contribution in [0.5, 0.6) is 0 Å². The van der Waals surface area contributed by atoms with E-state index in [1.54, 1.807) is 6.07 Å². The monoisotopic (exact) mass is 356 g/mol. The lowest BCUT2D eigenvalue weighted by molar-refractivity contribution is 0.164. The maximum Gasteiger partial charge on any atom is 0.137 e. The minimum atomic E-state index is -0.167. The predicted molar refractivity (Wildman–Crippen MR) is 89.8 cm³/mol. The van der Waals surface area contributed by atoms with Gasteiger partial charge >= 0.3 is 0 Å². The van der Waals surface area contributed by atoms with Crippen molar-refractivity contribution in [2.75, 3.05) is 26.2 Å². The molecule has 1 fully saturated rings. The van der Waals surface area contributed by atoms with Crippen molar-refractivity contribution in [3.63, 3.8) is 0 Å². The summed E-state index contributed by atoms with van der Waals surface area (Å²) in [6.45, 7) is 9.71. The minimum absolute atomic E-state index is 0.167. The molecule has 118 valence electrons. The Kier molecular flexibility index (Phi) is 6.65. The summed E-state index contributed by atoms with van der Waals surface area (Å²) in [7, 11) is 0. The molecular weight excluding hydrogens is 331 g/mol. The van der Waals surface area contributed by atoms with E-state index in [0.717, 1.165) is 38.3 Å². The first-order chi connectivity index (χ1) is 10.1. The quantitative estimate of drug-likeness (QED) is 0.827. The van der Waals surface area contributed by atoms with Gasteiger partial charge in [-0.15, -0.1) is 0 Å². The number of hydrogen-bond donors (Lipinski definition) is 1. The number of halogens is 2. The molecule has 0 aliphatic carbocycles. The van der Waals surface area contributed by atoms with Gasteiger partial charge in [0.1, 0.15) is 5.82 Å². The second kappa shape index (κ2) is 8.25. The van der Waals surface area contributed by atoms with Crippen LogP contribution < -0.4 is 5.32 Å². The van der Waals surface area contributed by atoms with Crippen molar-refractivity contribution in [3.8, 4) is 0 Å². The molecule has 1 aromatic carbocycles. The van der Waals surface area contributed by atoms with Crippen LogP contribution in [-0.2, 0) is 6.54 Å². The fourth-order valence-corrected chi connectivity index (χ4v) is 3.34. The van der Waals surface area contributed by atoms with Crippen LogP contribution in [0.4, 0.5) is 4.39 Å². The average molecular weight is 357 g/mol. The van der Waals surface area contributed by atoms with Crippen molar-refractivity contribution in [3.05, 3.63) is 34.1 Å². The molecule has 2 rings (SSSR count). The molecule has 1 N–H and O–H groups in total. The van der Waals surface area contributed by atoms with E-state index in [1.165, 1.54) is 18.9 Å². The third-order valence-corrected chi connectivity index (χ3v) is 4.90. The largest absolute Gasteiger partial charge is 0.316 e. The molecule has 1 aliphatic rings. The summed E-state index contributed by atoms with van der Waals surface area (Å²) in [6.07, 6.45) is 2.53. The van der Waals surface area contributed by atoms with Gasteiger partial charge in [-0.1, -0.05) is 26.0 Å². The van der Waals surface area contributed by atoms with Gasteiger partial charge in [-0.3, -0.25) is 4.90 Å². The molecule has 1 atom stereocenters. The van der Waals surface area contributed by atoms with Crippen LogP contribution in [-0.4, -0.2) is 31.1 Å². The average Bonchev–Trinajstić information content (AvgIpc) is 2.44. The molecule has 21 heavy (non-hydrogen) atoms. The lowest BCUT2D eigenvalue weighted by atomic mass is 9.97. The summed E-state index contributed by atoms with van der Waals surface area (Å²) < 4.78 is 14.2. The van der Waals surface area contributed by atoms with E-state index in [2.05, 4.69) is 40.0 Å². The molecule has 1 aromatic rings. The van der Waals surface area contributed by atoms with E-state index in [4.69, 9.17) is 0 Å². The molecule has 1 saturated heterocycles. The van der Waals surface area contributed by atoms with Gasteiger partial charge in [0.15, 0.2) is 0 Å². The number of likely N-dealkylation sites (tertiary alicyclic amines) is 1. The van der Waals surface area contributed by atoms with Crippen LogP contribution in [0.2, 0.25) is 0 Å². The Labute approximate surface area is 136 Å². The second-order valence-corrected chi connectivity index (χ2v) is 7.30. The zero-order valence-electron chi connectivity index (χ0n) is 13.0. The van der Waals surface area contributed by atoms with Crippen LogP contribution in [0.15, 0.2) is 22.7 Å². The Morgan fingerprint density at radius 3 is 3.00 bits per heavy atom. The van der Waals surface area contributed by atoms with Gasteiger partial charge in [-0.05, 0) is 71.9 Å². The molecule has 0 bridgehead atoms. The van der Waals surface area contributed by atoms with Gasteiger partial charge in [0.05, 0.1) is 4.47 Å². The molecule has 4 heteroatoms. The normalized spacial score (nSPS) is 20.1. The van der Waals surface area contributed by atoms with Crippen molar-refractivity contribution in [1.82, 2.24) is 10.2 Å². The number of benzene rings is 1. The Balaban J connectivity index is 1.85. The fourth-order valence-electron chi connectivity index (χ4n) is 2.95. The maximum atomic E-state index is 13.6. The zero-order chi connectivity index (χ0) is 15.2. The summed E-state index contributed by atoms with van der Waals surface area (Å²) in [5.74, 6) is 1.25. The summed E-state index contributed by atoms with van der Waals surface area (Å²) in [4.78, 5) is 2.45. The molecule has 0 radical (unpaired) electrons. The highest BCUT2D eigenvalue weighted by molar-refractivity contribution is 9.10. The molecular formula is C17H26BrFN2. The van der Waals surface area contributed by atoms with Gasteiger partial charge < -0.3 is 5.32 Å². The zero-order valence-corrected chi connectivity index (χ0v) is 14.6. The van der Waals surface area contributed by atoms with Crippen molar-refractivity contribution < 1.29 is 4.39 Å². The van der Waals surface area contributed by atoms with E-state index in [9.17, 15) is 4.39 Å². The Hall–Kier alpha value is -0.450. The lowest BCUT2D eigenvalue weighted by Crippen LogP contribution is -2.39. The molecule has 0 amide bonds. The van der Waals surface area contributed by atoms with Crippen molar-refractivity contribution in [1.29, 1.82) is 0 Å². The van der Waals surface area contributed by atoms with E-state index in [-0.39, 0.29) is 5.82 Å². The van der Waals surface area contributed by atoms with Crippen LogP contribution in [0.25, 0.3) is 0 Å². The van der Waals surface area contributed by atoms with Gasteiger partial charge in [-0.2, -0.15) is 0 Å². The van der Waals surface area contributed by atoms with Crippen LogP contribution in [0.1, 0.15) is 32.3 Å². The first-order valence-corrected chi connectivity index (χ1v) is 8.71. The number of nitrogens with zero attached hydrogens (tertiary/aromatic N) is 1. The predicted octanol–water partition coefficient (Wildman–Crippen LogP) is 4.05. The van der Waals surface area contributed by atoms with Crippen LogP contribution in [0, 0.1) is 17.7 Å². The molecule has 1 heterocycles. The number of piperidine rings is 1. The van der Waals surface area contributed by atoms with E-state index >= 15 is 0 Å². The number of hydrogen-bond acceptors (Lipinski definition) is 2. The molecule has 0 saturated carbocycles. The first-order valence-electron chi connectivity index (χ1n) is 7.92. The third kappa shape index (κ3) is 5.35. The van der Waals surface area contributed by atoms with Gasteiger partial charge in [0.25, 0.3) is 0 Å².